The SMILES string of the molecule is CCCC(=O)N1CC(S(=O)(=O)c2ccc(OC)cc2)C1. The number of benzene rings is 1. The summed E-state index contributed by atoms with van der Waals surface area (Å²) in [7, 11) is -1.82. The molecular weight excluding hydrogens is 278 g/mol. The molecule has 1 aromatic carbocycles. The number of methoxy groups -OCH3 is 1. The minimum Gasteiger partial charge on any atom is -0.497 e. The predicted octanol–water partition coefficient (Wildman–Crippen LogP) is 1.48. The average Bonchev–Trinajstić information content (AvgIpc) is 2.37. The number of carbonyl (C=O) groups excluding carboxylic acids is 1. The van der Waals surface area contributed by atoms with Crippen molar-refractivity contribution in [1.29, 1.82) is 0 Å². The summed E-state index contributed by atoms with van der Waals surface area (Å²) in [5, 5.41) is -0.489. The van der Waals surface area contributed by atoms with Gasteiger partial charge in [0.25, 0.3) is 0 Å². The van der Waals surface area contributed by atoms with E-state index in [0.717, 1.165) is 6.42 Å². The third kappa shape index (κ3) is 2.80. The number of carbonyl (C=O) groups is 1. The van der Waals surface area contributed by atoms with E-state index in [2.05, 4.69) is 0 Å². The first-order valence-corrected chi connectivity index (χ1v) is 8.19. The van der Waals surface area contributed by atoms with Gasteiger partial charge in [-0.2, -0.15) is 0 Å². The maximum absolute atomic E-state index is 12.4. The zero-order valence-electron chi connectivity index (χ0n) is 11.7. The molecule has 6 heteroatoms. The van der Waals surface area contributed by atoms with E-state index in [9.17, 15) is 13.2 Å². The molecule has 2 rings (SSSR count). The topological polar surface area (TPSA) is 63.7 Å². The van der Waals surface area contributed by atoms with Crippen molar-refractivity contribution in [2.45, 2.75) is 29.9 Å². The molecule has 1 aliphatic rings. The Labute approximate surface area is 119 Å². The molecule has 1 aromatic rings. The number of amides is 1. The quantitative estimate of drug-likeness (QED) is 0.826. The van der Waals surface area contributed by atoms with Crippen molar-refractivity contribution in [3.63, 3.8) is 0 Å². The molecule has 0 unspecified atom stereocenters. The summed E-state index contributed by atoms with van der Waals surface area (Å²) in [6.45, 7) is 2.53. The van der Waals surface area contributed by atoms with Crippen molar-refractivity contribution < 1.29 is 17.9 Å². The summed E-state index contributed by atoms with van der Waals surface area (Å²) in [5.41, 5.74) is 0. The van der Waals surface area contributed by atoms with E-state index in [4.69, 9.17) is 4.74 Å². The van der Waals surface area contributed by atoms with Crippen molar-refractivity contribution >= 4 is 15.7 Å². The minimum absolute atomic E-state index is 0.0358. The van der Waals surface area contributed by atoms with Crippen LogP contribution in [0.4, 0.5) is 0 Å². The number of hydrogen-bond donors (Lipinski definition) is 0. The highest BCUT2D eigenvalue weighted by Crippen LogP contribution is 2.25. The third-order valence-corrected chi connectivity index (χ3v) is 5.60. The zero-order chi connectivity index (χ0) is 14.8. The molecule has 0 atom stereocenters. The van der Waals surface area contributed by atoms with Gasteiger partial charge >= 0.3 is 0 Å². The second kappa shape index (κ2) is 5.83. The first-order chi connectivity index (χ1) is 9.48. The van der Waals surface area contributed by atoms with E-state index in [-0.39, 0.29) is 10.8 Å². The van der Waals surface area contributed by atoms with Gasteiger partial charge in [0.2, 0.25) is 5.91 Å². The Morgan fingerprint density at radius 1 is 1.30 bits per heavy atom. The highest BCUT2D eigenvalue weighted by molar-refractivity contribution is 7.92. The van der Waals surface area contributed by atoms with Crippen LogP contribution in [0.25, 0.3) is 0 Å². The van der Waals surface area contributed by atoms with E-state index in [0.29, 0.717) is 25.3 Å². The Kier molecular flexibility index (Phi) is 4.32. The first kappa shape index (κ1) is 14.8. The summed E-state index contributed by atoms with van der Waals surface area (Å²) in [6, 6.07) is 6.35. The highest BCUT2D eigenvalue weighted by Gasteiger charge is 2.40. The average molecular weight is 297 g/mol. The molecule has 5 nitrogen and oxygen atoms in total. The Morgan fingerprint density at radius 3 is 2.40 bits per heavy atom. The molecular formula is C14H19NO4S. The Hall–Kier alpha value is -1.56. The van der Waals surface area contributed by atoms with Gasteiger partial charge in [-0.05, 0) is 30.7 Å². The molecule has 0 aliphatic carbocycles. The van der Waals surface area contributed by atoms with Crippen LogP contribution in [0.3, 0.4) is 0 Å². The smallest absolute Gasteiger partial charge is 0.222 e. The number of ether oxygens (including phenoxy) is 1. The number of rotatable bonds is 5. The molecule has 1 aliphatic heterocycles. The van der Waals surface area contributed by atoms with Crippen molar-refractivity contribution in [1.82, 2.24) is 4.90 Å². The molecule has 1 heterocycles. The first-order valence-electron chi connectivity index (χ1n) is 6.64. The van der Waals surface area contributed by atoms with E-state index in [1.54, 1.807) is 29.2 Å². The standard InChI is InChI=1S/C14H19NO4S/c1-3-4-14(16)15-9-13(10-15)20(17,18)12-7-5-11(19-2)6-8-12/h5-8,13H,3-4,9-10H2,1-2H3. The molecule has 20 heavy (non-hydrogen) atoms. The van der Waals surface area contributed by atoms with Gasteiger partial charge in [0.05, 0.1) is 12.0 Å². The number of hydrogen-bond acceptors (Lipinski definition) is 4. The van der Waals surface area contributed by atoms with Crippen LogP contribution < -0.4 is 4.74 Å². The Bertz CT molecular complexity index is 574. The maximum Gasteiger partial charge on any atom is 0.222 e. The van der Waals surface area contributed by atoms with Crippen molar-refractivity contribution in [2.75, 3.05) is 20.2 Å². The molecule has 0 spiro atoms. The molecule has 1 fully saturated rings. The lowest BCUT2D eigenvalue weighted by molar-refractivity contribution is -0.134. The fourth-order valence-electron chi connectivity index (χ4n) is 2.17. The zero-order valence-corrected chi connectivity index (χ0v) is 12.5. The van der Waals surface area contributed by atoms with Crippen molar-refractivity contribution in [3.05, 3.63) is 24.3 Å². The monoisotopic (exact) mass is 297 g/mol. The molecule has 0 bridgehead atoms. The summed E-state index contributed by atoms with van der Waals surface area (Å²) < 4.78 is 29.7. The van der Waals surface area contributed by atoms with Crippen LogP contribution in [0.2, 0.25) is 0 Å². The molecule has 1 amide bonds. The summed E-state index contributed by atoms with van der Waals surface area (Å²) >= 11 is 0. The summed E-state index contributed by atoms with van der Waals surface area (Å²) in [5.74, 6) is 0.658. The lowest BCUT2D eigenvalue weighted by atomic mass is 10.2. The van der Waals surface area contributed by atoms with Gasteiger partial charge in [-0.25, -0.2) is 8.42 Å². The van der Waals surface area contributed by atoms with Gasteiger partial charge in [-0.3, -0.25) is 4.79 Å². The molecule has 110 valence electrons. The molecule has 0 aromatic heterocycles. The second-order valence-corrected chi connectivity index (χ2v) is 7.12. The van der Waals surface area contributed by atoms with Gasteiger partial charge in [0.15, 0.2) is 9.84 Å². The van der Waals surface area contributed by atoms with Crippen LogP contribution in [0, 0.1) is 0 Å². The van der Waals surface area contributed by atoms with Crippen molar-refractivity contribution in [3.8, 4) is 5.75 Å². The number of sulfone groups is 1. The van der Waals surface area contributed by atoms with Gasteiger partial charge < -0.3 is 9.64 Å². The van der Waals surface area contributed by atoms with Gasteiger partial charge in [0.1, 0.15) is 11.0 Å². The fourth-order valence-corrected chi connectivity index (χ4v) is 3.82. The largest absolute Gasteiger partial charge is 0.497 e. The van der Waals surface area contributed by atoms with Crippen LogP contribution in [0.5, 0.6) is 5.75 Å². The van der Waals surface area contributed by atoms with Crippen molar-refractivity contribution in [2.24, 2.45) is 0 Å². The predicted molar refractivity (Wildman–Crippen MR) is 75.5 cm³/mol. The number of likely N-dealkylation sites (tertiary alicyclic amines) is 1. The minimum atomic E-state index is -3.36. The Balaban J connectivity index is 2.04. The van der Waals surface area contributed by atoms with Crippen LogP contribution in [0.15, 0.2) is 29.2 Å². The van der Waals surface area contributed by atoms with Gasteiger partial charge in [0, 0.05) is 19.5 Å². The fraction of sp³-hybridized carbons (Fsp3) is 0.500. The van der Waals surface area contributed by atoms with Crippen LogP contribution in [0.1, 0.15) is 19.8 Å². The summed E-state index contributed by atoms with van der Waals surface area (Å²) in [4.78, 5) is 13.5. The molecule has 0 radical (unpaired) electrons. The summed E-state index contributed by atoms with van der Waals surface area (Å²) in [6.07, 6.45) is 1.26. The van der Waals surface area contributed by atoms with Crippen LogP contribution >= 0.6 is 0 Å². The van der Waals surface area contributed by atoms with Gasteiger partial charge in [-0.1, -0.05) is 6.92 Å². The van der Waals surface area contributed by atoms with Crippen LogP contribution in [-0.2, 0) is 14.6 Å². The van der Waals surface area contributed by atoms with E-state index in [1.807, 2.05) is 6.92 Å². The maximum atomic E-state index is 12.4. The number of nitrogens with zero attached hydrogens (tertiary/aromatic N) is 1. The molecule has 0 N–H and O–H groups in total. The van der Waals surface area contributed by atoms with Gasteiger partial charge in [-0.15, -0.1) is 0 Å². The third-order valence-electron chi connectivity index (χ3n) is 3.49. The lowest BCUT2D eigenvalue weighted by Crippen LogP contribution is -2.56. The normalized spacial score (nSPS) is 15.8. The van der Waals surface area contributed by atoms with E-state index in [1.165, 1.54) is 7.11 Å². The van der Waals surface area contributed by atoms with E-state index >= 15 is 0 Å². The highest BCUT2D eigenvalue weighted by atomic mass is 32.2. The van der Waals surface area contributed by atoms with E-state index < -0.39 is 15.1 Å². The van der Waals surface area contributed by atoms with Crippen LogP contribution in [-0.4, -0.2) is 44.7 Å². The molecule has 0 saturated carbocycles. The second-order valence-electron chi connectivity index (χ2n) is 4.89. The molecule has 1 saturated heterocycles. The Morgan fingerprint density at radius 2 is 1.90 bits per heavy atom. The lowest BCUT2D eigenvalue weighted by Gasteiger charge is -2.38.